The van der Waals surface area contributed by atoms with E-state index in [1.807, 2.05) is 0 Å². The van der Waals surface area contributed by atoms with E-state index in [0.717, 1.165) is 4.90 Å². The molecule has 7 nitrogen and oxygen atoms in total. The second-order valence-electron chi connectivity index (χ2n) is 3.92. The maximum Gasteiger partial charge on any atom is 0.356 e. The van der Waals surface area contributed by atoms with E-state index in [-0.39, 0.29) is 24.3 Å². The van der Waals surface area contributed by atoms with Gasteiger partial charge in [-0.05, 0) is 12.1 Å². The van der Waals surface area contributed by atoms with E-state index < -0.39 is 23.8 Å². The van der Waals surface area contributed by atoms with E-state index in [9.17, 15) is 14.4 Å². The molecule has 1 aromatic heterocycles. The van der Waals surface area contributed by atoms with Crippen LogP contribution in [0.15, 0.2) is 18.3 Å². The lowest BCUT2D eigenvalue weighted by atomic mass is 10.1. The number of aliphatic carboxylic acids is 1. The fourth-order valence-corrected chi connectivity index (χ4v) is 1.89. The minimum Gasteiger partial charge on any atom is -0.481 e. The van der Waals surface area contributed by atoms with E-state index in [1.165, 1.54) is 18.3 Å². The molecule has 0 radical (unpaired) electrons. The number of carboxylic acids is 2. The van der Waals surface area contributed by atoms with Gasteiger partial charge in [0, 0.05) is 19.2 Å². The largest absolute Gasteiger partial charge is 0.481 e. The molecular formula is C11H10N2O5. The van der Waals surface area contributed by atoms with Gasteiger partial charge >= 0.3 is 11.9 Å². The third-order valence-corrected chi connectivity index (χ3v) is 2.75. The van der Waals surface area contributed by atoms with Gasteiger partial charge < -0.3 is 15.1 Å². The molecular weight excluding hydrogens is 240 g/mol. The van der Waals surface area contributed by atoms with Crippen molar-refractivity contribution >= 4 is 23.5 Å². The fraction of sp³-hybridized carbons (Fsp3) is 0.273. The standard InChI is InChI=1S/C11H10N2O5/c14-8-4-6(10(15)16)5-13(8)7-2-1-3-12-9(7)11(17)18/h1-3,6H,4-5H2,(H,15,16)(H,17,18). The molecule has 0 saturated carbocycles. The van der Waals surface area contributed by atoms with Crippen molar-refractivity contribution in [2.24, 2.45) is 5.92 Å². The van der Waals surface area contributed by atoms with Crippen LogP contribution in [-0.2, 0) is 9.59 Å². The number of rotatable bonds is 3. The molecule has 0 spiro atoms. The Kier molecular flexibility index (Phi) is 2.97. The average Bonchev–Trinajstić information content (AvgIpc) is 2.71. The molecule has 1 unspecified atom stereocenters. The normalized spacial score (nSPS) is 19.0. The zero-order valence-corrected chi connectivity index (χ0v) is 9.24. The molecule has 2 heterocycles. The number of hydrogen-bond donors (Lipinski definition) is 2. The van der Waals surface area contributed by atoms with Crippen LogP contribution in [0.1, 0.15) is 16.9 Å². The first-order valence-electron chi connectivity index (χ1n) is 5.22. The summed E-state index contributed by atoms with van der Waals surface area (Å²) in [6.07, 6.45) is 1.19. The number of aromatic nitrogens is 1. The van der Waals surface area contributed by atoms with Crippen LogP contribution in [0.25, 0.3) is 0 Å². The van der Waals surface area contributed by atoms with Crippen LogP contribution >= 0.6 is 0 Å². The highest BCUT2D eigenvalue weighted by molar-refractivity contribution is 6.03. The quantitative estimate of drug-likeness (QED) is 0.794. The summed E-state index contributed by atoms with van der Waals surface area (Å²) in [6.45, 7) is -0.0276. The molecule has 7 heteroatoms. The van der Waals surface area contributed by atoms with Crippen LogP contribution < -0.4 is 4.90 Å². The predicted molar refractivity (Wildman–Crippen MR) is 59.3 cm³/mol. The van der Waals surface area contributed by atoms with Crippen LogP contribution in [-0.4, -0.2) is 39.6 Å². The van der Waals surface area contributed by atoms with Gasteiger partial charge in [0.05, 0.1) is 11.6 Å². The lowest BCUT2D eigenvalue weighted by Crippen LogP contribution is -2.28. The summed E-state index contributed by atoms with van der Waals surface area (Å²) in [6, 6.07) is 2.95. The fourth-order valence-electron chi connectivity index (χ4n) is 1.89. The molecule has 1 aliphatic rings. The van der Waals surface area contributed by atoms with Gasteiger partial charge in [0.1, 0.15) is 0 Å². The minimum atomic E-state index is -1.25. The molecule has 94 valence electrons. The number of anilines is 1. The maximum atomic E-state index is 11.7. The summed E-state index contributed by atoms with van der Waals surface area (Å²) in [7, 11) is 0. The molecule has 1 fully saturated rings. The number of hydrogen-bond acceptors (Lipinski definition) is 4. The molecule has 1 aliphatic heterocycles. The number of carbonyl (C=O) groups excluding carboxylic acids is 1. The Labute approximate surface area is 102 Å². The van der Waals surface area contributed by atoms with Gasteiger partial charge in [0.15, 0.2) is 5.69 Å². The van der Waals surface area contributed by atoms with Crippen molar-refractivity contribution in [3.05, 3.63) is 24.0 Å². The molecule has 1 amide bonds. The molecule has 1 saturated heterocycles. The van der Waals surface area contributed by atoms with Crippen molar-refractivity contribution in [2.75, 3.05) is 11.4 Å². The first-order valence-corrected chi connectivity index (χ1v) is 5.22. The van der Waals surface area contributed by atoms with Gasteiger partial charge in [-0.25, -0.2) is 9.78 Å². The molecule has 0 aromatic carbocycles. The van der Waals surface area contributed by atoms with Crippen molar-refractivity contribution in [3.63, 3.8) is 0 Å². The highest BCUT2D eigenvalue weighted by Crippen LogP contribution is 2.27. The zero-order chi connectivity index (χ0) is 13.3. The SMILES string of the molecule is O=C(O)c1ncccc1N1CC(C(=O)O)CC1=O. The van der Waals surface area contributed by atoms with Crippen LogP contribution in [0.4, 0.5) is 5.69 Å². The zero-order valence-electron chi connectivity index (χ0n) is 9.24. The van der Waals surface area contributed by atoms with Gasteiger partial charge in [-0.15, -0.1) is 0 Å². The van der Waals surface area contributed by atoms with Crippen molar-refractivity contribution in [1.29, 1.82) is 0 Å². The van der Waals surface area contributed by atoms with Crippen LogP contribution in [0.3, 0.4) is 0 Å². The van der Waals surface area contributed by atoms with Gasteiger partial charge in [-0.1, -0.05) is 0 Å². The average molecular weight is 250 g/mol. The Morgan fingerprint density at radius 1 is 1.39 bits per heavy atom. The summed E-state index contributed by atoms with van der Waals surface area (Å²) in [4.78, 5) is 38.4. The Morgan fingerprint density at radius 3 is 2.67 bits per heavy atom. The summed E-state index contributed by atoms with van der Waals surface area (Å²) in [5, 5.41) is 17.8. The molecule has 2 rings (SSSR count). The number of aromatic carboxylic acids is 1. The van der Waals surface area contributed by atoms with Gasteiger partial charge in [0.25, 0.3) is 0 Å². The van der Waals surface area contributed by atoms with E-state index in [0.29, 0.717) is 0 Å². The highest BCUT2D eigenvalue weighted by Gasteiger charge is 2.36. The summed E-state index contributed by atoms with van der Waals surface area (Å²) in [5.41, 5.74) is -0.115. The third-order valence-electron chi connectivity index (χ3n) is 2.75. The number of carbonyl (C=O) groups is 3. The Hall–Kier alpha value is -2.44. The maximum absolute atomic E-state index is 11.7. The summed E-state index contributed by atoms with van der Waals surface area (Å²) in [5.74, 6) is -3.53. The molecule has 2 N–H and O–H groups in total. The molecule has 18 heavy (non-hydrogen) atoms. The second kappa shape index (κ2) is 4.44. The van der Waals surface area contributed by atoms with E-state index in [2.05, 4.69) is 4.98 Å². The lowest BCUT2D eigenvalue weighted by Gasteiger charge is -2.17. The van der Waals surface area contributed by atoms with Gasteiger partial charge in [0.2, 0.25) is 5.91 Å². The van der Waals surface area contributed by atoms with Gasteiger partial charge in [-0.3, -0.25) is 9.59 Å². The predicted octanol–water partition coefficient (Wildman–Crippen LogP) is 0.217. The van der Waals surface area contributed by atoms with Crippen LogP contribution in [0.5, 0.6) is 0 Å². The summed E-state index contributed by atoms with van der Waals surface area (Å²) >= 11 is 0. The smallest absolute Gasteiger partial charge is 0.356 e. The van der Waals surface area contributed by atoms with Crippen LogP contribution in [0.2, 0.25) is 0 Å². The van der Waals surface area contributed by atoms with Gasteiger partial charge in [-0.2, -0.15) is 0 Å². The molecule has 0 bridgehead atoms. The Bertz CT molecular complexity index is 528. The number of carboxylic acid groups (broad SMARTS) is 2. The van der Waals surface area contributed by atoms with E-state index in [4.69, 9.17) is 10.2 Å². The summed E-state index contributed by atoms with van der Waals surface area (Å²) < 4.78 is 0. The topological polar surface area (TPSA) is 108 Å². The van der Waals surface area contributed by atoms with Crippen molar-refractivity contribution in [3.8, 4) is 0 Å². The Morgan fingerprint density at radius 2 is 2.11 bits per heavy atom. The first-order chi connectivity index (χ1) is 8.50. The van der Waals surface area contributed by atoms with E-state index >= 15 is 0 Å². The minimum absolute atomic E-state index is 0.0276. The van der Waals surface area contributed by atoms with Crippen molar-refractivity contribution in [2.45, 2.75) is 6.42 Å². The Balaban J connectivity index is 2.35. The van der Waals surface area contributed by atoms with Crippen LogP contribution in [0, 0.1) is 5.92 Å². The van der Waals surface area contributed by atoms with E-state index in [1.54, 1.807) is 0 Å². The second-order valence-corrected chi connectivity index (χ2v) is 3.92. The van der Waals surface area contributed by atoms with Crippen molar-refractivity contribution < 1.29 is 24.6 Å². The third kappa shape index (κ3) is 2.02. The molecule has 0 aliphatic carbocycles. The molecule has 1 atom stereocenters. The molecule has 1 aromatic rings. The van der Waals surface area contributed by atoms with Crippen molar-refractivity contribution in [1.82, 2.24) is 4.98 Å². The lowest BCUT2D eigenvalue weighted by molar-refractivity contribution is -0.141. The highest BCUT2D eigenvalue weighted by atomic mass is 16.4. The number of amides is 1. The monoisotopic (exact) mass is 250 g/mol. The number of pyridine rings is 1. The number of nitrogens with zero attached hydrogens (tertiary/aromatic N) is 2. The first kappa shape index (κ1) is 12.0.